The van der Waals surface area contributed by atoms with Crippen LogP contribution in [0.3, 0.4) is 0 Å². The molecule has 0 bridgehead atoms. The third-order valence-electron chi connectivity index (χ3n) is 6.50. The highest BCUT2D eigenvalue weighted by Gasteiger charge is 2.28. The Morgan fingerprint density at radius 3 is 2.64 bits per heavy atom. The molecule has 2 aliphatic rings. The van der Waals surface area contributed by atoms with Crippen LogP contribution in [0.1, 0.15) is 32.3 Å². The van der Waals surface area contributed by atoms with Crippen molar-refractivity contribution in [3.05, 3.63) is 53.8 Å². The molecule has 2 heterocycles. The van der Waals surface area contributed by atoms with E-state index in [1.165, 1.54) is 12.1 Å². The molecule has 2 aromatic carbocycles. The van der Waals surface area contributed by atoms with Gasteiger partial charge in [0.25, 0.3) is 0 Å². The van der Waals surface area contributed by atoms with Gasteiger partial charge in [0.05, 0.1) is 0 Å². The Balaban J connectivity index is 1.40. The lowest BCUT2D eigenvalue weighted by Gasteiger charge is -2.34. The molecule has 2 aromatic rings. The number of carbonyl (C=O) groups is 2. The number of piperazine rings is 1. The van der Waals surface area contributed by atoms with Gasteiger partial charge in [0.1, 0.15) is 24.2 Å². The topological polar surface area (TPSA) is 65.1 Å². The second kappa shape index (κ2) is 9.68. The fourth-order valence-electron chi connectivity index (χ4n) is 4.44. The average Bonchev–Trinajstić information content (AvgIpc) is 3.24. The van der Waals surface area contributed by atoms with Crippen molar-refractivity contribution in [3.8, 4) is 5.75 Å². The fraction of sp³-hybridized carbons (Fsp3) is 0.440. The molecule has 0 radical (unpaired) electrons. The minimum Gasteiger partial charge on any atom is -0.489 e. The van der Waals surface area contributed by atoms with Gasteiger partial charge in [-0.3, -0.25) is 9.69 Å². The van der Waals surface area contributed by atoms with Crippen molar-refractivity contribution < 1.29 is 18.7 Å². The molecule has 2 fully saturated rings. The zero-order valence-corrected chi connectivity index (χ0v) is 19.4. The van der Waals surface area contributed by atoms with E-state index in [1.54, 1.807) is 24.9 Å². The van der Waals surface area contributed by atoms with Crippen LogP contribution in [0.25, 0.3) is 0 Å². The molecule has 0 aromatic heterocycles. The second-order valence-corrected chi connectivity index (χ2v) is 8.79. The van der Waals surface area contributed by atoms with Gasteiger partial charge in [-0.1, -0.05) is 12.1 Å². The normalized spacial score (nSPS) is 20.5. The third-order valence-corrected chi connectivity index (χ3v) is 6.50. The highest BCUT2D eigenvalue weighted by Crippen LogP contribution is 2.27. The first-order valence-electron chi connectivity index (χ1n) is 11.4. The Hall–Kier alpha value is -3.29. The number of hydrogen-bond acceptors (Lipinski definition) is 4. The van der Waals surface area contributed by atoms with Crippen molar-refractivity contribution >= 4 is 23.3 Å². The summed E-state index contributed by atoms with van der Waals surface area (Å²) in [7, 11) is 1.79. The summed E-state index contributed by atoms with van der Waals surface area (Å²) in [6.07, 6.45) is 2.09. The molecule has 0 spiro atoms. The summed E-state index contributed by atoms with van der Waals surface area (Å²) >= 11 is 0. The molecule has 176 valence electrons. The van der Waals surface area contributed by atoms with Crippen LogP contribution in [0.2, 0.25) is 0 Å². The minimum absolute atomic E-state index is 0.0110. The molecule has 2 saturated heterocycles. The van der Waals surface area contributed by atoms with Gasteiger partial charge in [-0.15, -0.1) is 0 Å². The standard InChI is InChI=1S/C25H31FN4O3/c1-17-5-4-11-29(17)25(32)28(3)21-8-6-19(7-9-21)16-33-23-14-20(26)13-22(15-23)30-12-10-27-24(31)18(30)2/h6-9,13-15,17-18H,4-5,10-12,16H2,1-3H3,(H,27,31). The number of amides is 3. The molecule has 3 amide bonds. The van der Waals surface area contributed by atoms with Gasteiger partial charge >= 0.3 is 6.03 Å². The van der Waals surface area contributed by atoms with Gasteiger partial charge < -0.3 is 19.9 Å². The van der Waals surface area contributed by atoms with Gasteiger partial charge in [-0.25, -0.2) is 9.18 Å². The Labute approximate surface area is 194 Å². The van der Waals surface area contributed by atoms with Crippen LogP contribution in [0, 0.1) is 5.82 Å². The van der Waals surface area contributed by atoms with Crippen molar-refractivity contribution in [2.75, 3.05) is 36.5 Å². The van der Waals surface area contributed by atoms with E-state index in [1.807, 2.05) is 34.1 Å². The number of benzene rings is 2. The summed E-state index contributed by atoms with van der Waals surface area (Å²) in [5, 5.41) is 2.81. The van der Waals surface area contributed by atoms with Crippen molar-refractivity contribution in [1.29, 1.82) is 0 Å². The van der Waals surface area contributed by atoms with Gasteiger partial charge in [0.15, 0.2) is 0 Å². The number of rotatable bonds is 5. The first-order chi connectivity index (χ1) is 15.8. The summed E-state index contributed by atoms with van der Waals surface area (Å²) in [6, 6.07) is 12.0. The molecular formula is C25H31FN4O3. The summed E-state index contributed by atoms with van der Waals surface area (Å²) in [5.74, 6) is -0.0782. The molecule has 7 nitrogen and oxygen atoms in total. The third kappa shape index (κ3) is 5.05. The van der Waals surface area contributed by atoms with Crippen molar-refractivity contribution in [2.45, 2.75) is 45.4 Å². The minimum atomic E-state index is -0.410. The molecule has 2 unspecified atom stereocenters. The number of anilines is 2. The van der Waals surface area contributed by atoms with E-state index in [9.17, 15) is 14.0 Å². The van der Waals surface area contributed by atoms with Crippen LogP contribution < -0.4 is 19.9 Å². The summed E-state index contributed by atoms with van der Waals surface area (Å²) in [5.41, 5.74) is 2.35. The Morgan fingerprint density at radius 2 is 1.94 bits per heavy atom. The number of carbonyl (C=O) groups excluding carboxylic acids is 2. The molecule has 0 aliphatic carbocycles. The maximum Gasteiger partial charge on any atom is 0.324 e. The van der Waals surface area contributed by atoms with Crippen LogP contribution in [0.15, 0.2) is 42.5 Å². The highest BCUT2D eigenvalue weighted by atomic mass is 19.1. The number of ether oxygens (including phenoxy) is 1. The summed E-state index contributed by atoms with van der Waals surface area (Å²) in [6.45, 7) is 6.08. The van der Waals surface area contributed by atoms with Crippen molar-refractivity contribution in [3.63, 3.8) is 0 Å². The molecule has 1 N–H and O–H groups in total. The maximum atomic E-state index is 14.3. The Bertz CT molecular complexity index is 1010. The van der Waals surface area contributed by atoms with Crippen LogP contribution in [0.4, 0.5) is 20.6 Å². The lowest BCUT2D eigenvalue weighted by Crippen LogP contribution is -2.54. The molecule has 8 heteroatoms. The van der Waals surface area contributed by atoms with E-state index in [4.69, 9.17) is 4.74 Å². The number of nitrogens with one attached hydrogen (secondary N) is 1. The van der Waals surface area contributed by atoms with E-state index in [-0.39, 0.29) is 30.6 Å². The molecule has 0 saturated carbocycles. The van der Waals surface area contributed by atoms with E-state index in [2.05, 4.69) is 12.2 Å². The molecule has 33 heavy (non-hydrogen) atoms. The highest BCUT2D eigenvalue weighted by molar-refractivity contribution is 5.91. The monoisotopic (exact) mass is 454 g/mol. The van der Waals surface area contributed by atoms with E-state index in [0.717, 1.165) is 30.6 Å². The predicted molar refractivity (Wildman–Crippen MR) is 126 cm³/mol. The zero-order valence-electron chi connectivity index (χ0n) is 19.4. The van der Waals surface area contributed by atoms with Crippen LogP contribution in [-0.4, -0.2) is 55.6 Å². The van der Waals surface area contributed by atoms with Gasteiger partial charge in [-0.2, -0.15) is 0 Å². The van der Waals surface area contributed by atoms with E-state index in [0.29, 0.717) is 24.5 Å². The SMILES string of the molecule is CC1CCCN1C(=O)N(C)c1ccc(COc2cc(F)cc(N3CCNC(=O)C3C)c2)cc1. The van der Waals surface area contributed by atoms with Crippen LogP contribution >= 0.6 is 0 Å². The number of urea groups is 1. The van der Waals surface area contributed by atoms with Crippen molar-refractivity contribution in [1.82, 2.24) is 10.2 Å². The molecule has 2 aliphatic heterocycles. The van der Waals surface area contributed by atoms with E-state index < -0.39 is 5.82 Å². The first kappa shape index (κ1) is 22.9. The average molecular weight is 455 g/mol. The largest absolute Gasteiger partial charge is 0.489 e. The Morgan fingerprint density at radius 1 is 1.18 bits per heavy atom. The lowest BCUT2D eigenvalue weighted by molar-refractivity contribution is -0.122. The number of hydrogen-bond donors (Lipinski definition) is 1. The number of nitrogens with zero attached hydrogens (tertiary/aromatic N) is 3. The van der Waals surface area contributed by atoms with Crippen LogP contribution in [0.5, 0.6) is 5.75 Å². The molecule has 2 atom stereocenters. The lowest BCUT2D eigenvalue weighted by atomic mass is 10.1. The second-order valence-electron chi connectivity index (χ2n) is 8.79. The van der Waals surface area contributed by atoms with Crippen LogP contribution in [-0.2, 0) is 11.4 Å². The fourth-order valence-corrected chi connectivity index (χ4v) is 4.44. The smallest absolute Gasteiger partial charge is 0.324 e. The quantitative estimate of drug-likeness (QED) is 0.747. The van der Waals surface area contributed by atoms with Gasteiger partial charge in [-0.05, 0) is 50.5 Å². The van der Waals surface area contributed by atoms with Gasteiger partial charge in [0, 0.05) is 56.2 Å². The zero-order chi connectivity index (χ0) is 23.5. The molecule has 4 rings (SSSR count). The first-order valence-corrected chi connectivity index (χ1v) is 11.4. The van der Waals surface area contributed by atoms with E-state index >= 15 is 0 Å². The van der Waals surface area contributed by atoms with Gasteiger partial charge in [0.2, 0.25) is 5.91 Å². The molecular weight excluding hydrogens is 423 g/mol. The number of halogens is 1. The summed E-state index contributed by atoms with van der Waals surface area (Å²) in [4.78, 5) is 30.2. The number of likely N-dealkylation sites (tertiary alicyclic amines) is 1. The summed E-state index contributed by atoms with van der Waals surface area (Å²) < 4.78 is 20.1. The van der Waals surface area contributed by atoms with Crippen molar-refractivity contribution in [2.24, 2.45) is 0 Å². The maximum absolute atomic E-state index is 14.3. The predicted octanol–water partition coefficient (Wildman–Crippen LogP) is 3.77. The Kier molecular flexibility index (Phi) is 6.72.